The van der Waals surface area contributed by atoms with Crippen LogP contribution in [0, 0.1) is 28.9 Å². The van der Waals surface area contributed by atoms with Crippen molar-refractivity contribution in [2.24, 2.45) is 5.92 Å². The Morgan fingerprint density at radius 3 is 2.33 bits per heavy atom. The third kappa shape index (κ3) is 3.59. The van der Waals surface area contributed by atoms with Gasteiger partial charge in [-0.2, -0.15) is 5.26 Å². The summed E-state index contributed by atoms with van der Waals surface area (Å²) >= 11 is 5.86. The second-order valence-electron chi connectivity index (χ2n) is 6.88. The number of hydrogen-bond acceptors (Lipinski definition) is 3. The summed E-state index contributed by atoms with van der Waals surface area (Å²) in [6.07, 6.45) is 1.49. The molecule has 0 unspecified atom stereocenters. The first kappa shape index (κ1) is 19.8. The molecule has 1 aliphatic rings. The first-order valence-electron chi connectivity index (χ1n) is 8.63. The molecule has 0 spiro atoms. The van der Waals surface area contributed by atoms with Gasteiger partial charge in [-0.1, -0.05) is 11.6 Å². The molecule has 0 bridgehead atoms. The van der Waals surface area contributed by atoms with Gasteiger partial charge in [0.15, 0.2) is 9.84 Å². The molecule has 3 rings (SSSR count). The predicted octanol–water partition coefficient (Wildman–Crippen LogP) is 5.39. The van der Waals surface area contributed by atoms with Crippen LogP contribution in [-0.2, 0) is 14.6 Å². The largest absolute Gasteiger partial charge is 0.223 e. The molecule has 2 aromatic rings. The maximum atomic E-state index is 14.6. The summed E-state index contributed by atoms with van der Waals surface area (Å²) in [5.74, 6) is -1.37. The molecule has 1 fully saturated rings. The van der Waals surface area contributed by atoms with Gasteiger partial charge in [0, 0.05) is 17.0 Å². The number of nitrogens with zero attached hydrogens (tertiary/aromatic N) is 1. The molecule has 3 nitrogen and oxygen atoms in total. The first-order valence-corrected chi connectivity index (χ1v) is 10.5. The van der Waals surface area contributed by atoms with Gasteiger partial charge >= 0.3 is 0 Å². The van der Waals surface area contributed by atoms with Crippen LogP contribution in [0.5, 0.6) is 0 Å². The summed E-state index contributed by atoms with van der Waals surface area (Å²) in [5, 5.41) is 9.31. The Labute approximate surface area is 162 Å². The Kier molecular flexibility index (Phi) is 5.55. The molecule has 27 heavy (non-hydrogen) atoms. The van der Waals surface area contributed by atoms with Crippen LogP contribution in [0.4, 0.5) is 8.78 Å². The molecule has 0 N–H and O–H groups in total. The second-order valence-corrected chi connectivity index (χ2v) is 9.58. The minimum absolute atomic E-state index is 0.0225. The Balaban J connectivity index is 2.15. The van der Waals surface area contributed by atoms with Crippen molar-refractivity contribution in [1.82, 2.24) is 0 Å². The van der Waals surface area contributed by atoms with Gasteiger partial charge in [0.25, 0.3) is 0 Å². The van der Waals surface area contributed by atoms with Gasteiger partial charge in [-0.15, -0.1) is 0 Å². The third-order valence-corrected chi connectivity index (χ3v) is 8.15. The fourth-order valence-electron chi connectivity index (χ4n) is 3.85. The highest BCUT2D eigenvalue weighted by Gasteiger charge is 2.49. The van der Waals surface area contributed by atoms with Crippen molar-refractivity contribution in [2.45, 2.75) is 41.7 Å². The van der Waals surface area contributed by atoms with E-state index in [1.807, 2.05) is 0 Å². The summed E-state index contributed by atoms with van der Waals surface area (Å²) in [7, 11) is -4.02. The highest BCUT2D eigenvalue weighted by molar-refractivity contribution is 7.92. The van der Waals surface area contributed by atoms with E-state index in [2.05, 4.69) is 6.07 Å². The van der Waals surface area contributed by atoms with Crippen LogP contribution in [-0.4, -0.2) is 8.42 Å². The van der Waals surface area contributed by atoms with Crippen LogP contribution in [0.25, 0.3) is 0 Å². The third-order valence-electron chi connectivity index (χ3n) is 5.35. The van der Waals surface area contributed by atoms with Crippen LogP contribution < -0.4 is 0 Å². The van der Waals surface area contributed by atoms with Crippen molar-refractivity contribution >= 4 is 21.4 Å². The van der Waals surface area contributed by atoms with Gasteiger partial charge in [-0.25, -0.2) is 17.2 Å². The average Bonchev–Trinajstić information content (AvgIpc) is 2.65. The molecule has 142 valence electrons. The van der Waals surface area contributed by atoms with E-state index < -0.39 is 26.2 Å². The van der Waals surface area contributed by atoms with Crippen LogP contribution in [0.3, 0.4) is 0 Å². The van der Waals surface area contributed by atoms with E-state index in [9.17, 15) is 17.2 Å². The van der Waals surface area contributed by atoms with Gasteiger partial charge in [-0.05, 0) is 74.1 Å². The van der Waals surface area contributed by atoms with Crippen molar-refractivity contribution in [1.29, 1.82) is 5.26 Å². The van der Waals surface area contributed by atoms with E-state index in [-0.39, 0.29) is 29.2 Å². The monoisotopic (exact) mass is 409 g/mol. The van der Waals surface area contributed by atoms with Gasteiger partial charge in [0.2, 0.25) is 0 Å². The average molecular weight is 410 g/mol. The maximum Gasteiger partial charge on any atom is 0.188 e. The first-order chi connectivity index (χ1) is 12.8. The van der Waals surface area contributed by atoms with Crippen molar-refractivity contribution < 1.29 is 17.2 Å². The van der Waals surface area contributed by atoms with Crippen molar-refractivity contribution in [3.05, 3.63) is 64.7 Å². The quantitative estimate of drug-likeness (QED) is 0.680. The van der Waals surface area contributed by atoms with E-state index >= 15 is 0 Å². The number of benzene rings is 2. The molecule has 0 heterocycles. The zero-order chi connectivity index (χ0) is 19.7. The van der Waals surface area contributed by atoms with Crippen LogP contribution in [0.2, 0.25) is 5.02 Å². The summed E-state index contributed by atoms with van der Waals surface area (Å²) in [4.78, 5) is 0.0225. The van der Waals surface area contributed by atoms with Crippen LogP contribution in [0.1, 0.15) is 37.7 Å². The van der Waals surface area contributed by atoms with Crippen LogP contribution in [0.15, 0.2) is 47.4 Å². The Bertz CT molecular complexity index is 976. The summed E-state index contributed by atoms with van der Waals surface area (Å²) in [6, 6.07) is 10.7. The van der Waals surface area contributed by atoms with E-state index in [0.29, 0.717) is 24.3 Å². The molecule has 7 heteroatoms. The summed E-state index contributed by atoms with van der Waals surface area (Å²) in [5.41, 5.74) is -0.146. The van der Waals surface area contributed by atoms with Gasteiger partial charge in [0.1, 0.15) is 16.4 Å². The van der Waals surface area contributed by atoms with Gasteiger partial charge < -0.3 is 0 Å². The van der Waals surface area contributed by atoms with E-state index in [0.717, 1.165) is 18.2 Å². The Morgan fingerprint density at radius 2 is 1.74 bits per heavy atom. The summed E-state index contributed by atoms with van der Waals surface area (Å²) in [6.45, 7) is 0. The minimum Gasteiger partial charge on any atom is -0.223 e. The molecule has 0 aliphatic heterocycles. The van der Waals surface area contributed by atoms with Crippen LogP contribution >= 0.6 is 11.6 Å². The Hall–Kier alpha value is -1.97. The molecule has 0 atom stereocenters. The van der Waals surface area contributed by atoms with Crippen molar-refractivity contribution in [3.8, 4) is 6.07 Å². The number of nitriles is 1. The van der Waals surface area contributed by atoms with Crippen molar-refractivity contribution in [3.63, 3.8) is 0 Å². The molecule has 2 aromatic carbocycles. The number of halogens is 3. The predicted molar refractivity (Wildman–Crippen MR) is 98.9 cm³/mol. The standard InChI is InChI=1S/C20H18ClF2NO2S/c21-15-1-4-17(5-2-15)27(25,26)20(10-7-14(8-11-20)9-12-24)18-13-16(22)3-6-19(18)23/h1-6,13-14H,7-11H2. The molecule has 1 saturated carbocycles. The Morgan fingerprint density at radius 1 is 1.11 bits per heavy atom. The highest BCUT2D eigenvalue weighted by atomic mass is 35.5. The van der Waals surface area contributed by atoms with Gasteiger partial charge in [0.05, 0.1) is 11.0 Å². The molecule has 0 saturated heterocycles. The summed E-state index contributed by atoms with van der Waals surface area (Å²) < 4.78 is 54.1. The topological polar surface area (TPSA) is 57.9 Å². The fourth-order valence-corrected chi connectivity index (χ4v) is 6.14. The lowest BCUT2D eigenvalue weighted by atomic mass is 9.77. The van der Waals surface area contributed by atoms with Crippen molar-refractivity contribution in [2.75, 3.05) is 0 Å². The SMILES string of the molecule is N#CCC1CCC(c2cc(F)ccc2F)(S(=O)(=O)c2ccc(Cl)cc2)CC1. The molecule has 0 amide bonds. The van der Waals surface area contributed by atoms with Gasteiger partial charge in [-0.3, -0.25) is 0 Å². The lowest BCUT2D eigenvalue weighted by Gasteiger charge is -2.39. The normalized spacial score (nSPS) is 23.0. The molecule has 0 aromatic heterocycles. The highest BCUT2D eigenvalue weighted by Crippen LogP contribution is 2.49. The molecular weight excluding hydrogens is 392 g/mol. The molecule has 1 aliphatic carbocycles. The zero-order valence-electron chi connectivity index (χ0n) is 14.5. The molecular formula is C20H18ClF2NO2S. The maximum absolute atomic E-state index is 14.6. The molecule has 0 radical (unpaired) electrons. The smallest absolute Gasteiger partial charge is 0.188 e. The number of sulfone groups is 1. The van der Waals surface area contributed by atoms with E-state index in [4.69, 9.17) is 16.9 Å². The lowest BCUT2D eigenvalue weighted by molar-refractivity contribution is 0.289. The lowest BCUT2D eigenvalue weighted by Crippen LogP contribution is -2.40. The second kappa shape index (κ2) is 7.57. The van der Waals surface area contributed by atoms with E-state index in [1.54, 1.807) is 0 Å². The minimum atomic E-state index is -4.02. The van der Waals surface area contributed by atoms with E-state index in [1.165, 1.54) is 24.3 Å². The zero-order valence-corrected chi connectivity index (χ0v) is 16.0. The fraction of sp³-hybridized carbons (Fsp3) is 0.350. The number of rotatable bonds is 4. The number of hydrogen-bond donors (Lipinski definition) is 0.